The van der Waals surface area contributed by atoms with E-state index in [2.05, 4.69) is 35.1 Å². The first-order valence-corrected chi connectivity index (χ1v) is 16.3. The Balaban J connectivity index is 1.24. The molecule has 48 heavy (non-hydrogen) atoms. The van der Waals surface area contributed by atoms with E-state index < -0.39 is 11.6 Å². The van der Waals surface area contributed by atoms with Crippen LogP contribution in [0, 0.1) is 0 Å². The Morgan fingerprint density at radius 3 is 2.10 bits per heavy atom. The van der Waals surface area contributed by atoms with Crippen LogP contribution in [0.1, 0.15) is 52.8 Å². The van der Waals surface area contributed by atoms with Crippen molar-refractivity contribution < 1.29 is 19.4 Å². The van der Waals surface area contributed by atoms with Gasteiger partial charge < -0.3 is 14.6 Å². The van der Waals surface area contributed by atoms with E-state index in [1.54, 1.807) is 0 Å². The average Bonchev–Trinajstić information content (AvgIpc) is 3.69. The first-order valence-electron chi connectivity index (χ1n) is 16.3. The molecular formula is C41H37N3O4. The smallest absolute Gasteiger partial charge is 0.266 e. The summed E-state index contributed by atoms with van der Waals surface area (Å²) in [5, 5.41) is 9.10. The second kappa shape index (κ2) is 14.1. The Kier molecular flexibility index (Phi) is 9.14. The highest BCUT2D eigenvalue weighted by molar-refractivity contribution is 6.01. The summed E-state index contributed by atoms with van der Waals surface area (Å²) >= 11 is 0. The summed E-state index contributed by atoms with van der Waals surface area (Å²) in [5.41, 5.74) is 12.3. The molecule has 0 spiro atoms. The molecule has 2 atom stereocenters. The molecule has 0 fully saturated rings. The highest BCUT2D eigenvalue weighted by Crippen LogP contribution is 2.45. The van der Waals surface area contributed by atoms with Crippen LogP contribution < -0.4 is 15.6 Å². The van der Waals surface area contributed by atoms with Gasteiger partial charge in [0.25, 0.3) is 5.91 Å². The average molecular weight is 636 g/mol. The Labute approximate surface area is 280 Å². The molecule has 240 valence electrons. The van der Waals surface area contributed by atoms with Gasteiger partial charge in [0, 0.05) is 25.0 Å². The van der Waals surface area contributed by atoms with Crippen LogP contribution in [0.25, 0.3) is 17.2 Å². The quantitative estimate of drug-likeness (QED) is 0.0997. The van der Waals surface area contributed by atoms with E-state index >= 15 is 0 Å². The predicted molar refractivity (Wildman–Crippen MR) is 188 cm³/mol. The SMILES string of the molecule is O=C(NNC1c2ccccc2-c2ccccc21)[C@@]1(C/C=C/c2ccccc2)N=C(c2ccc(OCCCO)cc2)O[C@H]1c1ccccc1. The Morgan fingerprint density at radius 2 is 1.44 bits per heavy atom. The van der Waals surface area contributed by atoms with Crippen LogP contribution in [0.3, 0.4) is 0 Å². The third-order valence-electron chi connectivity index (χ3n) is 8.83. The summed E-state index contributed by atoms with van der Waals surface area (Å²) in [7, 11) is 0. The van der Waals surface area contributed by atoms with Crippen molar-refractivity contribution in [2.24, 2.45) is 4.99 Å². The monoisotopic (exact) mass is 635 g/mol. The molecule has 5 aromatic rings. The number of hydrogen-bond acceptors (Lipinski definition) is 6. The van der Waals surface area contributed by atoms with Gasteiger partial charge in [-0.25, -0.2) is 10.4 Å². The molecule has 0 radical (unpaired) electrons. The zero-order valence-electron chi connectivity index (χ0n) is 26.5. The molecule has 1 aliphatic carbocycles. The molecule has 7 rings (SSSR count). The molecule has 0 saturated carbocycles. The van der Waals surface area contributed by atoms with E-state index in [4.69, 9.17) is 19.6 Å². The molecule has 1 amide bonds. The number of carbonyl (C=O) groups excluding carboxylic acids is 1. The summed E-state index contributed by atoms with van der Waals surface area (Å²) in [6.07, 6.45) is 4.16. The number of amides is 1. The zero-order chi connectivity index (χ0) is 32.8. The van der Waals surface area contributed by atoms with Gasteiger partial charge in [0.1, 0.15) is 5.75 Å². The van der Waals surface area contributed by atoms with Gasteiger partial charge in [0.05, 0.1) is 12.6 Å². The van der Waals surface area contributed by atoms with E-state index in [1.165, 1.54) is 0 Å². The van der Waals surface area contributed by atoms with Gasteiger partial charge >= 0.3 is 0 Å². The number of ether oxygens (including phenoxy) is 2. The van der Waals surface area contributed by atoms with Gasteiger partial charge in [-0.2, -0.15) is 0 Å². The minimum Gasteiger partial charge on any atom is -0.494 e. The highest BCUT2D eigenvalue weighted by Gasteiger charge is 2.53. The fourth-order valence-electron chi connectivity index (χ4n) is 6.44. The van der Waals surface area contributed by atoms with Crippen molar-refractivity contribution in [2.45, 2.75) is 30.5 Å². The first-order chi connectivity index (χ1) is 23.7. The maximum atomic E-state index is 14.7. The van der Waals surface area contributed by atoms with Crippen molar-refractivity contribution in [3.63, 3.8) is 0 Å². The van der Waals surface area contributed by atoms with Gasteiger partial charge in [-0.1, -0.05) is 121 Å². The van der Waals surface area contributed by atoms with Crippen LogP contribution in [0.2, 0.25) is 0 Å². The maximum absolute atomic E-state index is 14.7. The fourth-order valence-corrected chi connectivity index (χ4v) is 6.44. The van der Waals surface area contributed by atoms with E-state index in [1.807, 2.05) is 121 Å². The number of rotatable bonds is 12. The molecule has 0 aromatic heterocycles. The minimum atomic E-state index is -1.33. The topological polar surface area (TPSA) is 92.2 Å². The molecule has 0 unspecified atom stereocenters. The minimum absolute atomic E-state index is 0.0705. The van der Waals surface area contributed by atoms with Crippen molar-refractivity contribution in [1.82, 2.24) is 10.9 Å². The van der Waals surface area contributed by atoms with Crippen LogP contribution in [-0.4, -0.2) is 35.7 Å². The number of hydrazine groups is 1. The van der Waals surface area contributed by atoms with Crippen molar-refractivity contribution in [2.75, 3.05) is 13.2 Å². The summed E-state index contributed by atoms with van der Waals surface area (Å²) in [6.45, 7) is 0.491. The number of nitrogens with one attached hydrogen (secondary N) is 2. The molecule has 0 saturated heterocycles. The summed E-state index contributed by atoms with van der Waals surface area (Å²) in [6, 6.07) is 43.6. The van der Waals surface area contributed by atoms with Crippen LogP contribution in [-0.2, 0) is 9.53 Å². The molecular weight excluding hydrogens is 598 g/mol. The summed E-state index contributed by atoms with van der Waals surface area (Å²) in [4.78, 5) is 19.9. The van der Waals surface area contributed by atoms with E-state index in [9.17, 15) is 4.79 Å². The lowest BCUT2D eigenvalue weighted by atomic mass is 9.84. The molecule has 2 aliphatic rings. The third-order valence-corrected chi connectivity index (χ3v) is 8.83. The molecule has 3 N–H and O–H groups in total. The number of carbonyl (C=O) groups is 1. The van der Waals surface area contributed by atoms with Crippen LogP contribution >= 0.6 is 0 Å². The number of hydrogen-bond donors (Lipinski definition) is 3. The van der Waals surface area contributed by atoms with Crippen LogP contribution in [0.15, 0.2) is 145 Å². The molecule has 0 bridgehead atoms. The van der Waals surface area contributed by atoms with Crippen molar-refractivity contribution in [3.05, 3.63) is 167 Å². The molecule has 1 heterocycles. The maximum Gasteiger partial charge on any atom is 0.266 e. The number of aliphatic hydroxyl groups is 1. The van der Waals surface area contributed by atoms with Crippen molar-refractivity contribution >= 4 is 17.9 Å². The molecule has 7 nitrogen and oxygen atoms in total. The van der Waals surface area contributed by atoms with E-state index in [-0.39, 0.29) is 18.6 Å². The fraction of sp³-hybridized carbons (Fsp3) is 0.171. The Bertz CT molecular complexity index is 1880. The van der Waals surface area contributed by atoms with Gasteiger partial charge in [-0.3, -0.25) is 10.2 Å². The van der Waals surface area contributed by atoms with E-state index in [0.29, 0.717) is 31.1 Å². The first kappa shape index (κ1) is 31.1. The number of aliphatic hydroxyl groups excluding tert-OH is 1. The molecule has 7 heteroatoms. The lowest BCUT2D eigenvalue weighted by Gasteiger charge is -2.30. The summed E-state index contributed by atoms with van der Waals surface area (Å²) < 4.78 is 12.4. The lowest BCUT2D eigenvalue weighted by Crippen LogP contribution is -2.53. The molecule has 5 aromatic carbocycles. The van der Waals surface area contributed by atoms with Gasteiger partial charge in [0.2, 0.25) is 5.90 Å². The van der Waals surface area contributed by atoms with E-state index in [0.717, 1.165) is 38.9 Å². The largest absolute Gasteiger partial charge is 0.494 e. The second-order valence-electron chi connectivity index (χ2n) is 11.9. The van der Waals surface area contributed by atoms with Gasteiger partial charge in [0.15, 0.2) is 11.6 Å². The Morgan fingerprint density at radius 1 is 0.812 bits per heavy atom. The summed E-state index contributed by atoms with van der Waals surface area (Å²) in [5.74, 6) is 0.766. The predicted octanol–water partition coefficient (Wildman–Crippen LogP) is 7.20. The number of nitrogens with zero attached hydrogens (tertiary/aromatic N) is 1. The number of benzene rings is 5. The number of fused-ring (bicyclic) bond motifs is 3. The highest BCUT2D eigenvalue weighted by atomic mass is 16.5. The number of aliphatic imine (C=N–C) groups is 1. The zero-order valence-corrected chi connectivity index (χ0v) is 26.5. The normalized spacial score (nSPS) is 18.2. The van der Waals surface area contributed by atoms with Crippen LogP contribution in [0.5, 0.6) is 5.75 Å². The van der Waals surface area contributed by atoms with Crippen molar-refractivity contribution in [3.8, 4) is 16.9 Å². The molecule has 1 aliphatic heterocycles. The van der Waals surface area contributed by atoms with Crippen LogP contribution in [0.4, 0.5) is 0 Å². The Hall–Kier alpha value is -5.50. The van der Waals surface area contributed by atoms with Gasteiger partial charge in [-0.05, 0) is 57.6 Å². The second-order valence-corrected chi connectivity index (χ2v) is 11.9. The van der Waals surface area contributed by atoms with Crippen molar-refractivity contribution in [1.29, 1.82) is 0 Å². The van der Waals surface area contributed by atoms with Gasteiger partial charge in [-0.15, -0.1) is 0 Å². The standard InChI is InChI=1S/C41H37N3O4/c45-27-12-28-47-32-24-22-31(23-25-32)39-42-41(26-11-15-29-13-3-1-4-14-29,38(48-39)30-16-5-2-6-17-30)40(46)44-43-37-35-20-9-7-18-33(35)34-19-8-10-21-36(34)37/h1-11,13-25,37-38,43,45H,12,26-28H2,(H,44,46)/b15-11+/t38-,41-/m0/s1. The third kappa shape index (κ3) is 6.26. The lowest BCUT2D eigenvalue weighted by molar-refractivity contribution is -0.130.